The van der Waals surface area contributed by atoms with Crippen molar-refractivity contribution >= 4 is 23.1 Å². The van der Waals surface area contributed by atoms with E-state index in [-0.39, 0.29) is 0 Å². The molecule has 1 aromatic carbocycles. The first-order valence-corrected chi connectivity index (χ1v) is 7.75. The lowest BCUT2D eigenvalue weighted by Gasteiger charge is -2.36. The second-order valence-electron chi connectivity index (χ2n) is 5.46. The number of rotatable bonds is 6. The van der Waals surface area contributed by atoms with Crippen LogP contribution >= 0.6 is 11.6 Å². The molecule has 1 aliphatic rings. The molecule has 0 aliphatic carbocycles. The van der Waals surface area contributed by atoms with Crippen molar-refractivity contribution in [3.8, 4) is 0 Å². The Labute approximate surface area is 126 Å². The predicted molar refractivity (Wildman–Crippen MR) is 84.6 cm³/mol. The number of anilines is 1. The Hall–Kier alpha value is -1.06. The molecular formula is C16H23ClN2O. The quantitative estimate of drug-likeness (QED) is 0.753. The summed E-state index contributed by atoms with van der Waals surface area (Å²) in [6, 6.07) is 8.08. The minimum atomic E-state index is 0.303. The van der Waals surface area contributed by atoms with Crippen LogP contribution in [0.3, 0.4) is 0 Å². The molecule has 0 radical (unpaired) electrons. The van der Waals surface area contributed by atoms with Gasteiger partial charge in [0.1, 0.15) is 5.78 Å². The molecule has 1 saturated heterocycles. The van der Waals surface area contributed by atoms with Gasteiger partial charge in [0, 0.05) is 43.3 Å². The van der Waals surface area contributed by atoms with Gasteiger partial charge in [-0.15, -0.1) is 0 Å². The lowest BCUT2D eigenvalue weighted by molar-refractivity contribution is -0.117. The Morgan fingerprint density at radius 3 is 2.35 bits per heavy atom. The molecule has 4 heteroatoms. The summed E-state index contributed by atoms with van der Waals surface area (Å²) in [4.78, 5) is 15.8. The van der Waals surface area contributed by atoms with Gasteiger partial charge in [-0.1, -0.05) is 11.6 Å². The molecule has 0 amide bonds. The smallest absolute Gasteiger partial charge is 0.129 e. The number of nitrogens with zero attached hydrogens (tertiary/aromatic N) is 2. The fourth-order valence-electron chi connectivity index (χ4n) is 2.59. The molecule has 0 N–H and O–H groups in total. The van der Waals surface area contributed by atoms with Crippen molar-refractivity contribution in [2.45, 2.75) is 26.2 Å². The van der Waals surface area contributed by atoms with Crippen LogP contribution in [0.15, 0.2) is 24.3 Å². The maximum absolute atomic E-state index is 10.9. The van der Waals surface area contributed by atoms with Crippen molar-refractivity contribution in [1.29, 1.82) is 0 Å². The van der Waals surface area contributed by atoms with Gasteiger partial charge in [0.15, 0.2) is 0 Å². The topological polar surface area (TPSA) is 23.6 Å². The molecule has 0 spiro atoms. The molecule has 20 heavy (non-hydrogen) atoms. The Kier molecular flexibility index (Phi) is 5.86. The van der Waals surface area contributed by atoms with Crippen LogP contribution in [0.4, 0.5) is 5.69 Å². The van der Waals surface area contributed by atoms with Crippen molar-refractivity contribution in [1.82, 2.24) is 4.90 Å². The fourth-order valence-corrected chi connectivity index (χ4v) is 2.72. The van der Waals surface area contributed by atoms with Crippen LogP contribution in [-0.4, -0.2) is 43.4 Å². The Balaban J connectivity index is 1.69. The molecule has 0 unspecified atom stereocenters. The lowest BCUT2D eigenvalue weighted by atomic mass is 10.1. The molecule has 0 atom stereocenters. The Bertz CT molecular complexity index is 425. The molecule has 0 bridgehead atoms. The maximum atomic E-state index is 10.9. The third-order valence-corrected chi connectivity index (χ3v) is 4.07. The van der Waals surface area contributed by atoms with Crippen LogP contribution in [0.1, 0.15) is 26.2 Å². The Morgan fingerprint density at radius 1 is 1.10 bits per heavy atom. The predicted octanol–water partition coefficient (Wildman–Crippen LogP) is 3.22. The molecule has 110 valence electrons. The van der Waals surface area contributed by atoms with Crippen LogP contribution in [0, 0.1) is 0 Å². The van der Waals surface area contributed by atoms with Gasteiger partial charge in [0.2, 0.25) is 0 Å². The van der Waals surface area contributed by atoms with Crippen LogP contribution in [0.2, 0.25) is 5.02 Å². The molecule has 0 aromatic heterocycles. The summed E-state index contributed by atoms with van der Waals surface area (Å²) in [7, 11) is 0. The first-order valence-electron chi connectivity index (χ1n) is 7.37. The molecule has 2 rings (SSSR count). The van der Waals surface area contributed by atoms with Crippen molar-refractivity contribution in [2.75, 3.05) is 37.6 Å². The van der Waals surface area contributed by atoms with E-state index in [1.165, 1.54) is 5.69 Å². The van der Waals surface area contributed by atoms with Crippen molar-refractivity contribution in [2.24, 2.45) is 0 Å². The largest absolute Gasteiger partial charge is 0.369 e. The molecular weight excluding hydrogens is 272 g/mol. The minimum absolute atomic E-state index is 0.303. The van der Waals surface area contributed by atoms with E-state index >= 15 is 0 Å². The van der Waals surface area contributed by atoms with E-state index in [9.17, 15) is 4.79 Å². The number of unbranched alkanes of at least 4 members (excludes halogenated alkanes) is 1. The van der Waals surface area contributed by atoms with E-state index in [0.29, 0.717) is 5.78 Å². The zero-order valence-electron chi connectivity index (χ0n) is 12.1. The van der Waals surface area contributed by atoms with Crippen molar-refractivity contribution in [3.63, 3.8) is 0 Å². The van der Waals surface area contributed by atoms with Crippen molar-refractivity contribution < 1.29 is 4.79 Å². The van der Waals surface area contributed by atoms with E-state index < -0.39 is 0 Å². The zero-order valence-corrected chi connectivity index (χ0v) is 12.9. The van der Waals surface area contributed by atoms with Gasteiger partial charge in [0.05, 0.1) is 0 Å². The molecule has 1 fully saturated rings. The summed E-state index contributed by atoms with van der Waals surface area (Å²) in [5.41, 5.74) is 1.26. The highest BCUT2D eigenvalue weighted by molar-refractivity contribution is 6.30. The number of ketones is 1. The number of Topliss-reactive ketones (excluding diaryl/α,β-unsaturated/α-hetero) is 1. The van der Waals surface area contributed by atoms with Crippen molar-refractivity contribution in [3.05, 3.63) is 29.3 Å². The van der Waals surface area contributed by atoms with Gasteiger partial charge in [-0.25, -0.2) is 0 Å². The highest BCUT2D eigenvalue weighted by Gasteiger charge is 2.16. The number of piperazine rings is 1. The average Bonchev–Trinajstić information content (AvgIpc) is 2.45. The summed E-state index contributed by atoms with van der Waals surface area (Å²) >= 11 is 5.92. The standard InChI is InChI=1S/C16H23ClN2O/c1-14(20)4-2-3-9-18-10-12-19(13-11-18)16-7-5-15(17)6-8-16/h5-8H,2-4,9-13H2,1H3. The zero-order chi connectivity index (χ0) is 14.4. The Morgan fingerprint density at radius 2 is 1.75 bits per heavy atom. The van der Waals surface area contributed by atoms with Gasteiger partial charge in [-0.3, -0.25) is 4.90 Å². The summed E-state index contributed by atoms with van der Waals surface area (Å²) in [6.07, 6.45) is 2.87. The van der Waals surface area contributed by atoms with E-state index in [2.05, 4.69) is 21.9 Å². The number of carbonyl (C=O) groups excluding carboxylic acids is 1. The van der Waals surface area contributed by atoms with Crippen LogP contribution in [0.5, 0.6) is 0 Å². The first kappa shape index (κ1) is 15.3. The normalized spacial score (nSPS) is 16.4. The summed E-state index contributed by atoms with van der Waals surface area (Å²) in [5.74, 6) is 0.303. The van der Waals surface area contributed by atoms with Gasteiger partial charge in [-0.2, -0.15) is 0 Å². The number of carbonyl (C=O) groups is 1. The van der Waals surface area contributed by atoms with E-state index in [1.54, 1.807) is 6.92 Å². The number of hydrogen-bond donors (Lipinski definition) is 0. The minimum Gasteiger partial charge on any atom is -0.369 e. The fraction of sp³-hybridized carbons (Fsp3) is 0.562. The summed E-state index contributed by atoms with van der Waals surface area (Å²) in [5, 5.41) is 0.790. The first-order chi connectivity index (χ1) is 9.65. The average molecular weight is 295 g/mol. The lowest BCUT2D eigenvalue weighted by Crippen LogP contribution is -2.46. The van der Waals surface area contributed by atoms with Crippen LogP contribution in [0.25, 0.3) is 0 Å². The van der Waals surface area contributed by atoms with E-state index in [0.717, 1.165) is 57.0 Å². The van der Waals surface area contributed by atoms with Gasteiger partial charge < -0.3 is 9.69 Å². The van der Waals surface area contributed by atoms with Gasteiger partial charge >= 0.3 is 0 Å². The highest BCUT2D eigenvalue weighted by atomic mass is 35.5. The monoisotopic (exact) mass is 294 g/mol. The third kappa shape index (κ3) is 4.80. The molecule has 0 saturated carbocycles. The van der Waals surface area contributed by atoms with E-state index in [1.807, 2.05) is 12.1 Å². The highest BCUT2D eigenvalue weighted by Crippen LogP contribution is 2.19. The SMILES string of the molecule is CC(=O)CCCCN1CCN(c2ccc(Cl)cc2)CC1. The number of hydrogen-bond acceptors (Lipinski definition) is 3. The molecule has 1 aromatic rings. The van der Waals surface area contributed by atoms with Crippen LogP contribution in [-0.2, 0) is 4.79 Å². The molecule has 3 nitrogen and oxygen atoms in total. The third-order valence-electron chi connectivity index (χ3n) is 3.82. The maximum Gasteiger partial charge on any atom is 0.129 e. The van der Waals surface area contributed by atoms with Gasteiger partial charge in [-0.05, 0) is 50.6 Å². The number of halogens is 1. The summed E-state index contributed by atoms with van der Waals surface area (Å²) < 4.78 is 0. The van der Waals surface area contributed by atoms with Crippen LogP contribution < -0.4 is 4.90 Å². The summed E-state index contributed by atoms with van der Waals surface area (Å²) in [6.45, 7) is 7.11. The second-order valence-corrected chi connectivity index (χ2v) is 5.90. The molecule has 1 heterocycles. The molecule has 1 aliphatic heterocycles. The number of benzene rings is 1. The van der Waals surface area contributed by atoms with E-state index in [4.69, 9.17) is 11.6 Å². The van der Waals surface area contributed by atoms with Gasteiger partial charge in [0.25, 0.3) is 0 Å². The second kappa shape index (κ2) is 7.65.